The molecule has 3 rings (SSSR count). The lowest BCUT2D eigenvalue weighted by molar-refractivity contribution is 0.173. The van der Waals surface area contributed by atoms with Gasteiger partial charge in [0.1, 0.15) is 0 Å². The van der Waals surface area contributed by atoms with E-state index < -0.39 is 0 Å². The van der Waals surface area contributed by atoms with Crippen LogP contribution in [-0.2, 0) is 13.1 Å². The van der Waals surface area contributed by atoms with Crippen molar-refractivity contribution < 1.29 is 9.47 Å². The van der Waals surface area contributed by atoms with E-state index in [0.717, 1.165) is 29.1 Å². The van der Waals surface area contributed by atoms with Crippen molar-refractivity contribution >= 4 is 15.9 Å². The van der Waals surface area contributed by atoms with Crippen molar-refractivity contribution in [3.8, 4) is 11.5 Å². The molecule has 0 amide bonds. The molecule has 0 atom stereocenters. The van der Waals surface area contributed by atoms with Crippen LogP contribution in [-0.4, -0.2) is 6.79 Å². The van der Waals surface area contributed by atoms with Crippen molar-refractivity contribution in [2.24, 2.45) is 0 Å². The minimum Gasteiger partial charge on any atom is -0.454 e. The summed E-state index contributed by atoms with van der Waals surface area (Å²) in [6, 6.07) is 12.6. The highest BCUT2D eigenvalue weighted by Gasteiger charge is 2.17. The molecule has 0 spiro atoms. The molecule has 1 heterocycles. The van der Waals surface area contributed by atoms with Crippen LogP contribution >= 0.6 is 15.9 Å². The number of aryl methyl sites for hydroxylation is 1. The monoisotopic (exact) mass is 333 g/mol. The van der Waals surface area contributed by atoms with Gasteiger partial charge in [-0.3, -0.25) is 0 Å². The van der Waals surface area contributed by atoms with Gasteiger partial charge in [-0.25, -0.2) is 0 Å². The van der Waals surface area contributed by atoms with Gasteiger partial charge in [0.15, 0.2) is 11.5 Å². The second-order valence-corrected chi connectivity index (χ2v) is 5.76. The average molecular weight is 334 g/mol. The first kappa shape index (κ1) is 13.5. The van der Waals surface area contributed by atoms with Crippen LogP contribution in [0.15, 0.2) is 40.9 Å². The third-order valence-electron chi connectivity index (χ3n) is 3.23. The van der Waals surface area contributed by atoms with Crippen LogP contribution in [0.3, 0.4) is 0 Å². The molecule has 4 heteroatoms. The number of hydrogen-bond donors (Lipinski definition) is 1. The van der Waals surface area contributed by atoms with Crippen LogP contribution in [0.2, 0.25) is 0 Å². The van der Waals surface area contributed by atoms with Crippen LogP contribution in [0, 0.1) is 6.92 Å². The Labute approximate surface area is 127 Å². The highest BCUT2D eigenvalue weighted by molar-refractivity contribution is 9.10. The van der Waals surface area contributed by atoms with Gasteiger partial charge >= 0.3 is 0 Å². The topological polar surface area (TPSA) is 30.5 Å². The van der Waals surface area contributed by atoms with Crippen molar-refractivity contribution in [3.05, 3.63) is 57.6 Å². The number of hydrogen-bond acceptors (Lipinski definition) is 3. The third kappa shape index (κ3) is 2.97. The van der Waals surface area contributed by atoms with Crippen LogP contribution in [0.4, 0.5) is 0 Å². The number of ether oxygens (including phenoxy) is 2. The second-order valence-electron chi connectivity index (χ2n) is 4.90. The van der Waals surface area contributed by atoms with Gasteiger partial charge in [-0.2, -0.15) is 0 Å². The summed E-state index contributed by atoms with van der Waals surface area (Å²) in [6.07, 6.45) is 0. The molecule has 1 aliphatic heterocycles. The molecule has 3 nitrogen and oxygen atoms in total. The number of fused-ring (bicyclic) bond motifs is 1. The fourth-order valence-corrected chi connectivity index (χ4v) is 2.90. The molecule has 20 heavy (non-hydrogen) atoms. The minimum absolute atomic E-state index is 0.300. The van der Waals surface area contributed by atoms with Gasteiger partial charge in [0.05, 0.1) is 4.47 Å². The van der Waals surface area contributed by atoms with Gasteiger partial charge in [-0.1, -0.05) is 29.8 Å². The molecule has 0 aliphatic carbocycles. The predicted molar refractivity (Wildman–Crippen MR) is 82.0 cm³/mol. The Morgan fingerprint density at radius 3 is 2.80 bits per heavy atom. The quantitative estimate of drug-likeness (QED) is 0.923. The summed E-state index contributed by atoms with van der Waals surface area (Å²) in [7, 11) is 0. The van der Waals surface area contributed by atoms with Crippen molar-refractivity contribution in [1.82, 2.24) is 5.32 Å². The molecule has 2 aromatic carbocycles. The SMILES string of the molecule is Cc1cccc(CNCc2cc(Br)c3c(c2)OCO3)c1. The normalized spacial score (nSPS) is 12.7. The van der Waals surface area contributed by atoms with E-state index in [2.05, 4.69) is 58.5 Å². The second kappa shape index (κ2) is 5.85. The lowest BCUT2D eigenvalue weighted by Gasteiger charge is -2.08. The standard InChI is InChI=1S/C16H16BrNO2/c1-11-3-2-4-12(5-11)8-18-9-13-6-14(17)16-15(7-13)19-10-20-16/h2-7,18H,8-10H2,1H3. The Kier molecular flexibility index (Phi) is 3.94. The summed E-state index contributed by atoms with van der Waals surface area (Å²) in [4.78, 5) is 0. The van der Waals surface area contributed by atoms with E-state index in [1.54, 1.807) is 0 Å². The summed E-state index contributed by atoms with van der Waals surface area (Å²) < 4.78 is 11.7. The number of nitrogens with one attached hydrogen (secondary N) is 1. The Morgan fingerprint density at radius 2 is 1.95 bits per heavy atom. The minimum atomic E-state index is 0.300. The first-order valence-corrected chi connectivity index (χ1v) is 7.36. The van der Waals surface area contributed by atoms with E-state index in [4.69, 9.17) is 9.47 Å². The van der Waals surface area contributed by atoms with Gasteiger partial charge in [-0.15, -0.1) is 0 Å². The van der Waals surface area contributed by atoms with E-state index in [0.29, 0.717) is 6.79 Å². The zero-order valence-electron chi connectivity index (χ0n) is 11.3. The summed E-state index contributed by atoms with van der Waals surface area (Å²) >= 11 is 3.51. The van der Waals surface area contributed by atoms with Crippen LogP contribution in [0.25, 0.3) is 0 Å². The molecule has 0 unspecified atom stereocenters. The molecule has 0 bridgehead atoms. The maximum Gasteiger partial charge on any atom is 0.231 e. The Bertz CT molecular complexity index is 628. The molecular weight excluding hydrogens is 318 g/mol. The van der Waals surface area contributed by atoms with Crippen LogP contribution in [0.1, 0.15) is 16.7 Å². The zero-order valence-corrected chi connectivity index (χ0v) is 12.9. The van der Waals surface area contributed by atoms with Gasteiger partial charge in [0, 0.05) is 13.1 Å². The van der Waals surface area contributed by atoms with Crippen LogP contribution in [0.5, 0.6) is 11.5 Å². The summed E-state index contributed by atoms with van der Waals surface area (Å²) in [5, 5.41) is 3.45. The fourth-order valence-electron chi connectivity index (χ4n) is 2.30. The lowest BCUT2D eigenvalue weighted by atomic mass is 10.1. The molecule has 104 valence electrons. The largest absolute Gasteiger partial charge is 0.454 e. The van der Waals surface area contributed by atoms with Gasteiger partial charge in [0.2, 0.25) is 6.79 Å². The fraction of sp³-hybridized carbons (Fsp3) is 0.250. The Balaban J connectivity index is 1.63. The molecule has 1 N–H and O–H groups in total. The molecular formula is C16H16BrNO2. The van der Waals surface area contributed by atoms with E-state index in [9.17, 15) is 0 Å². The Morgan fingerprint density at radius 1 is 1.10 bits per heavy atom. The predicted octanol–water partition coefficient (Wildman–Crippen LogP) is 3.78. The van der Waals surface area contributed by atoms with Crippen molar-refractivity contribution in [2.75, 3.05) is 6.79 Å². The first-order chi connectivity index (χ1) is 9.72. The summed E-state index contributed by atoms with van der Waals surface area (Å²) in [5.74, 6) is 1.61. The molecule has 0 fully saturated rings. The summed E-state index contributed by atoms with van der Waals surface area (Å²) in [6.45, 7) is 4.06. The van der Waals surface area contributed by atoms with E-state index in [1.165, 1.54) is 16.7 Å². The molecule has 0 saturated heterocycles. The maximum atomic E-state index is 5.42. The van der Waals surface area contributed by atoms with E-state index >= 15 is 0 Å². The highest BCUT2D eigenvalue weighted by atomic mass is 79.9. The highest BCUT2D eigenvalue weighted by Crippen LogP contribution is 2.39. The van der Waals surface area contributed by atoms with Gasteiger partial charge in [-0.05, 0) is 46.1 Å². The first-order valence-electron chi connectivity index (χ1n) is 6.56. The maximum absolute atomic E-state index is 5.42. The average Bonchev–Trinajstić information content (AvgIpc) is 2.88. The van der Waals surface area contributed by atoms with E-state index in [-0.39, 0.29) is 0 Å². The zero-order chi connectivity index (χ0) is 13.9. The molecule has 0 radical (unpaired) electrons. The van der Waals surface area contributed by atoms with Crippen molar-refractivity contribution in [3.63, 3.8) is 0 Å². The third-order valence-corrected chi connectivity index (χ3v) is 3.82. The van der Waals surface area contributed by atoms with E-state index in [1.807, 2.05) is 6.07 Å². The molecule has 0 saturated carbocycles. The number of halogens is 1. The smallest absolute Gasteiger partial charge is 0.231 e. The number of benzene rings is 2. The molecule has 0 aromatic heterocycles. The van der Waals surface area contributed by atoms with Gasteiger partial charge in [0.25, 0.3) is 0 Å². The van der Waals surface area contributed by atoms with Gasteiger partial charge < -0.3 is 14.8 Å². The summed E-state index contributed by atoms with van der Waals surface area (Å²) in [5.41, 5.74) is 3.76. The Hall–Kier alpha value is -1.52. The lowest BCUT2D eigenvalue weighted by Crippen LogP contribution is -2.12. The number of rotatable bonds is 4. The molecule has 2 aromatic rings. The molecule has 1 aliphatic rings. The van der Waals surface area contributed by atoms with Crippen molar-refractivity contribution in [1.29, 1.82) is 0 Å². The van der Waals surface area contributed by atoms with Crippen molar-refractivity contribution in [2.45, 2.75) is 20.0 Å². The van der Waals surface area contributed by atoms with Crippen LogP contribution < -0.4 is 14.8 Å².